The highest BCUT2D eigenvalue weighted by Crippen LogP contribution is 2.42. The lowest BCUT2D eigenvalue weighted by molar-refractivity contribution is 0.00750. The molecule has 3 nitrogen and oxygen atoms in total. The highest BCUT2D eigenvalue weighted by molar-refractivity contribution is 7.13. The van der Waals surface area contributed by atoms with E-state index in [1.807, 2.05) is 0 Å². The number of hydrogen-bond acceptors (Lipinski definition) is 4. The maximum absolute atomic E-state index is 4.54. The molecule has 1 saturated carbocycles. The average molecular weight is 299 g/mol. The summed E-state index contributed by atoms with van der Waals surface area (Å²) in [7, 11) is 0. The summed E-state index contributed by atoms with van der Waals surface area (Å²) < 4.78 is 0. The van der Waals surface area contributed by atoms with E-state index in [0.29, 0.717) is 6.04 Å². The molecule has 21 heavy (non-hydrogen) atoms. The summed E-state index contributed by atoms with van der Waals surface area (Å²) in [5.74, 6) is 1.58. The van der Waals surface area contributed by atoms with E-state index in [1.54, 1.807) is 11.3 Å². The fraction of sp³-hybridized carbons (Fsp3) is 0.471. The highest BCUT2D eigenvalue weighted by atomic mass is 32.1. The van der Waals surface area contributed by atoms with E-state index in [1.165, 1.54) is 25.1 Å². The van der Waals surface area contributed by atoms with E-state index < -0.39 is 0 Å². The van der Waals surface area contributed by atoms with Crippen LogP contribution in [0, 0.1) is 18.8 Å². The zero-order chi connectivity index (χ0) is 14.2. The van der Waals surface area contributed by atoms with Crippen molar-refractivity contribution in [1.82, 2.24) is 9.88 Å². The van der Waals surface area contributed by atoms with E-state index in [0.717, 1.165) is 29.2 Å². The molecule has 3 aliphatic rings. The van der Waals surface area contributed by atoms with Crippen LogP contribution >= 0.6 is 11.3 Å². The fourth-order valence-electron chi connectivity index (χ4n) is 3.75. The topological polar surface area (TPSA) is 28.2 Å². The summed E-state index contributed by atoms with van der Waals surface area (Å²) in [6.07, 6.45) is 1.38. The Morgan fingerprint density at radius 2 is 2.00 bits per heavy atom. The second kappa shape index (κ2) is 5.43. The summed E-state index contributed by atoms with van der Waals surface area (Å²) in [6, 6.07) is 11.5. The van der Waals surface area contributed by atoms with E-state index in [2.05, 4.69) is 57.8 Å². The van der Waals surface area contributed by atoms with Crippen LogP contribution in [0.2, 0.25) is 0 Å². The maximum atomic E-state index is 4.54. The molecular formula is C17H21N3S. The van der Waals surface area contributed by atoms with Crippen LogP contribution in [-0.4, -0.2) is 29.0 Å². The maximum Gasteiger partial charge on any atom is 0.183 e. The van der Waals surface area contributed by atoms with Crippen molar-refractivity contribution < 1.29 is 0 Å². The number of nitrogens with one attached hydrogen (secondary N) is 1. The minimum Gasteiger partial charge on any atom is -0.358 e. The van der Waals surface area contributed by atoms with Gasteiger partial charge in [0.25, 0.3) is 0 Å². The van der Waals surface area contributed by atoms with Crippen molar-refractivity contribution in [3.05, 3.63) is 47.0 Å². The van der Waals surface area contributed by atoms with Gasteiger partial charge in [0.05, 0.1) is 5.69 Å². The molecule has 0 amide bonds. The van der Waals surface area contributed by atoms with E-state index in [-0.39, 0.29) is 0 Å². The van der Waals surface area contributed by atoms with Crippen LogP contribution < -0.4 is 5.32 Å². The third kappa shape index (κ3) is 2.70. The van der Waals surface area contributed by atoms with Gasteiger partial charge >= 0.3 is 0 Å². The molecule has 1 N–H and O–H groups in total. The van der Waals surface area contributed by atoms with Crippen molar-refractivity contribution >= 4 is 16.5 Å². The Labute approximate surface area is 130 Å². The first kappa shape index (κ1) is 13.3. The number of rotatable bonds is 4. The summed E-state index contributed by atoms with van der Waals surface area (Å²) in [5.41, 5.74) is 2.55. The number of thiazole rings is 1. The molecule has 3 fully saturated rings. The van der Waals surface area contributed by atoms with Crippen molar-refractivity contribution in [2.24, 2.45) is 11.8 Å². The van der Waals surface area contributed by atoms with Gasteiger partial charge < -0.3 is 5.32 Å². The Kier molecular flexibility index (Phi) is 3.43. The van der Waals surface area contributed by atoms with Gasteiger partial charge in [0.2, 0.25) is 0 Å². The molecule has 2 saturated heterocycles. The first-order valence-electron chi connectivity index (χ1n) is 7.73. The standard InChI is InChI=1S/C17H21N3S/c1-12-11-21-17(18-12)19-16-14-7-15(16)10-20(9-14)8-13-5-3-2-4-6-13/h2-6,11,14-16H,7-10H2,1H3,(H,18,19). The predicted molar refractivity (Wildman–Crippen MR) is 87.6 cm³/mol. The molecule has 0 spiro atoms. The molecule has 5 rings (SSSR count). The summed E-state index contributed by atoms with van der Waals surface area (Å²) in [6.45, 7) is 5.59. The van der Waals surface area contributed by atoms with Crippen LogP contribution in [0.25, 0.3) is 0 Å². The zero-order valence-electron chi connectivity index (χ0n) is 12.3. The van der Waals surface area contributed by atoms with Crippen molar-refractivity contribution in [1.29, 1.82) is 0 Å². The Hall–Kier alpha value is -1.39. The second-order valence-corrected chi connectivity index (χ2v) is 7.26. The fourth-order valence-corrected chi connectivity index (χ4v) is 4.49. The van der Waals surface area contributed by atoms with Crippen molar-refractivity contribution in [2.45, 2.75) is 25.9 Å². The molecule has 110 valence electrons. The number of nitrogens with zero attached hydrogens (tertiary/aromatic N) is 2. The van der Waals surface area contributed by atoms with Gasteiger partial charge in [-0.15, -0.1) is 11.3 Å². The Balaban J connectivity index is 1.35. The molecule has 2 unspecified atom stereocenters. The monoisotopic (exact) mass is 299 g/mol. The molecule has 2 aliphatic heterocycles. The van der Waals surface area contributed by atoms with Gasteiger partial charge in [-0.25, -0.2) is 4.98 Å². The number of fused-ring (bicyclic) bond motifs is 2. The molecule has 0 radical (unpaired) electrons. The van der Waals surface area contributed by atoms with Crippen LogP contribution in [-0.2, 0) is 6.54 Å². The minimum atomic E-state index is 0.641. The van der Waals surface area contributed by atoms with Crippen molar-refractivity contribution in [2.75, 3.05) is 18.4 Å². The molecule has 2 atom stereocenters. The largest absolute Gasteiger partial charge is 0.358 e. The van der Waals surface area contributed by atoms with Gasteiger partial charge in [-0.05, 0) is 30.7 Å². The zero-order valence-corrected chi connectivity index (χ0v) is 13.1. The minimum absolute atomic E-state index is 0.641. The van der Waals surface area contributed by atoms with Crippen LogP contribution in [0.5, 0.6) is 0 Å². The van der Waals surface area contributed by atoms with E-state index in [4.69, 9.17) is 0 Å². The molecule has 1 aromatic heterocycles. The third-order valence-electron chi connectivity index (χ3n) is 4.76. The summed E-state index contributed by atoms with van der Waals surface area (Å²) >= 11 is 1.73. The molecular weight excluding hydrogens is 278 g/mol. The van der Waals surface area contributed by atoms with Gasteiger partial charge in [0, 0.05) is 31.1 Å². The number of hydrogen-bond donors (Lipinski definition) is 1. The van der Waals surface area contributed by atoms with E-state index in [9.17, 15) is 0 Å². The summed E-state index contributed by atoms with van der Waals surface area (Å²) in [5, 5.41) is 6.89. The Morgan fingerprint density at radius 1 is 1.24 bits per heavy atom. The lowest BCUT2D eigenvalue weighted by Gasteiger charge is -2.53. The van der Waals surface area contributed by atoms with Crippen LogP contribution in [0.15, 0.2) is 35.7 Å². The molecule has 3 heterocycles. The first-order valence-corrected chi connectivity index (χ1v) is 8.61. The van der Waals surface area contributed by atoms with E-state index >= 15 is 0 Å². The molecule has 2 bridgehead atoms. The number of aromatic nitrogens is 1. The normalized spacial score (nSPS) is 28.1. The van der Waals surface area contributed by atoms with Crippen LogP contribution in [0.4, 0.5) is 5.13 Å². The second-order valence-electron chi connectivity index (χ2n) is 6.40. The lowest BCUT2D eigenvalue weighted by Crippen LogP contribution is -2.60. The lowest BCUT2D eigenvalue weighted by atomic mass is 9.66. The van der Waals surface area contributed by atoms with Gasteiger partial charge in [-0.3, -0.25) is 4.90 Å². The first-order chi connectivity index (χ1) is 10.3. The highest BCUT2D eigenvalue weighted by Gasteiger charge is 2.46. The Morgan fingerprint density at radius 3 is 2.67 bits per heavy atom. The van der Waals surface area contributed by atoms with Gasteiger partial charge in [-0.1, -0.05) is 30.3 Å². The number of anilines is 1. The van der Waals surface area contributed by atoms with Gasteiger partial charge in [-0.2, -0.15) is 0 Å². The van der Waals surface area contributed by atoms with Crippen molar-refractivity contribution in [3.8, 4) is 0 Å². The smallest absolute Gasteiger partial charge is 0.183 e. The van der Waals surface area contributed by atoms with Gasteiger partial charge in [0.15, 0.2) is 5.13 Å². The number of benzene rings is 1. The predicted octanol–water partition coefficient (Wildman–Crippen LogP) is 3.38. The summed E-state index contributed by atoms with van der Waals surface area (Å²) in [4.78, 5) is 7.15. The average Bonchev–Trinajstić information content (AvgIpc) is 2.91. The molecule has 4 heteroatoms. The molecule has 2 aromatic rings. The number of piperidine rings is 2. The van der Waals surface area contributed by atoms with Crippen LogP contribution in [0.1, 0.15) is 17.7 Å². The number of aryl methyl sites for hydroxylation is 1. The van der Waals surface area contributed by atoms with Crippen molar-refractivity contribution in [3.63, 3.8) is 0 Å². The van der Waals surface area contributed by atoms with Crippen LogP contribution in [0.3, 0.4) is 0 Å². The Bertz CT molecular complexity index is 598. The van der Waals surface area contributed by atoms with Gasteiger partial charge in [0.1, 0.15) is 0 Å². The molecule has 1 aromatic carbocycles. The quantitative estimate of drug-likeness (QED) is 0.938. The molecule has 1 aliphatic carbocycles. The third-order valence-corrected chi connectivity index (χ3v) is 5.66. The SMILES string of the molecule is Cc1csc(NC2C3CC2CN(Cc2ccccc2)C3)n1.